The summed E-state index contributed by atoms with van der Waals surface area (Å²) >= 11 is 1.33. The van der Waals surface area contributed by atoms with Crippen molar-refractivity contribution in [3.63, 3.8) is 0 Å². The molecular weight excluding hydrogens is 394 g/mol. The highest BCUT2D eigenvalue weighted by atomic mass is 32.2. The van der Waals surface area contributed by atoms with Crippen molar-refractivity contribution in [3.05, 3.63) is 24.0 Å². The van der Waals surface area contributed by atoms with Crippen molar-refractivity contribution in [1.29, 1.82) is 0 Å². The summed E-state index contributed by atoms with van der Waals surface area (Å²) in [7, 11) is 0. The van der Waals surface area contributed by atoms with Crippen LogP contribution in [-0.2, 0) is 22.6 Å². The zero-order valence-corrected chi connectivity index (χ0v) is 17.5. The second kappa shape index (κ2) is 9.17. The molecule has 0 fully saturated rings. The van der Waals surface area contributed by atoms with Gasteiger partial charge in [-0.2, -0.15) is 0 Å². The number of carbonyl (C=O) groups excluding carboxylic acids is 2. The molecular formula is C19H25N5O4S. The molecule has 3 rings (SSSR count). The number of nitrogens with one attached hydrogen (secondary N) is 1. The van der Waals surface area contributed by atoms with Crippen molar-refractivity contribution in [2.75, 3.05) is 12.1 Å². The van der Waals surface area contributed by atoms with Crippen LogP contribution in [0.4, 0.5) is 5.69 Å². The molecule has 0 saturated carbocycles. The van der Waals surface area contributed by atoms with E-state index >= 15 is 0 Å². The quantitative estimate of drug-likeness (QED) is 0.598. The molecule has 0 bridgehead atoms. The van der Waals surface area contributed by atoms with Gasteiger partial charge >= 0.3 is 0 Å². The molecule has 3 N–H and O–H groups in total. The van der Waals surface area contributed by atoms with E-state index in [0.717, 1.165) is 0 Å². The summed E-state index contributed by atoms with van der Waals surface area (Å²) in [6.45, 7) is 6.86. The van der Waals surface area contributed by atoms with E-state index in [9.17, 15) is 9.59 Å². The van der Waals surface area contributed by atoms with Gasteiger partial charge in [0.2, 0.25) is 18.6 Å². The number of anilines is 1. The van der Waals surface area contributed by atoms with E-state index in [1.807, 2.05) is 11.5 Å². The maximum absolute atomic E-state index is 12.6. The lowest BCUT2D eigenvalue weighted by Gasteiger charge is -2.15. The molecule has 156 valence electrons. The predicted molar refractivity (Wildman–Crippen MR) is 109 cm³/mol. The van der Waals surface area contributed by atoms with Gasteiger partial charge in [0.25, 0.3) is 0 Å². The molecule has 1 aliphatic heterocycles. The Morgan fingerprint density at radius 3 is 2.72 bits per heavy atom. The van der Waals surface area contributed by atoms with Crippen LogP contribution in [0.3, 0.4) is 0 Å². The van der Waals surface area contributed by atoms with Crippen molar-refractivity contribution in [2.45, 2.75) is 50.6 Å². The Morgan fingerprint density at radius 2 is 2.00 bits per heavy atom. The highest BCUT2D eigenvalue weighted by molar-refractivity contribution is 8.00. The smallest absolute Gasteiger partial charge is 0.237 e. The molecule has 2 heterocycles. The number of hydrogen-bond acceptors (Lipinski definition) is 7. The van der Waals surface area contributed by atoms with Crippen LogP contribution in [0.5, 0.6) is 11.5 Å². The number of ether oxygens (including phenoxy) is 2. The van der Waals surface area contributed by atoms with Crippen molar-refractivity contribution >= 4 is 29.3 Å². The number of primary amides is 1. The van der Waals surface area contributed by atoms with Crippen LogP contribution >= 0.6 is 11.8 Å². The highest BCUT2D eigenvalue weighted by Gasteiger charge is 2.22. The molecule has 1 atom stereocenters. The number of amides is 2. The molecule has 1 aromatic heterocycles. The third-order valence-corrected chi connectivity index (χ3v) is 5.31. The van der Waals surface area contributed by atoms with Crippen LogP contribution in [0.2, 0.25) is 0 Å². The topological polar surface area (TPSA) is 121 Å². The molecule has 1 aliphatic rings. The Morgan fingerprint density at radius 1 is 1.24 bits per heavy atom. The minimum absolute atomic E-state index is 0.161. The van der Waals surface area contributed by atoms with Gasteiger partial charge < -0.3 is 25.1 Å². The number of carbonyl (C=O) groups is 2. The maximum atomic E-state index is 12.6. The third-order valence-electron chi connectivity index (χ3n) is 4.23. The summed E-state index contributed by atoms with van der Waals surface area (Å²) < 4.78 is 12.6. The third kappa shape index (κ3) is 5.41. The van der Waals surface area contributed by atoms with E-state index in [0.29, 0.717) is 47.1 Å². The number of fused-ring (bicyclic) bond motifs is 1. The summed E-state index contributed by atoms with van der Waals surface area (Å²) in [5, 5.41) is 11.6. The molecule has 0 spiro atoms. The van der Waals surface area contributed by atoms with Crippen LogP contribution in [0, 0.1) is 5.92 Å². The van der Waals surface area contributed by atoms with Gasteiger partial charge in [-0.25, -0.2) is 0 Å². The summed E-state index contributed by atoms with van der Waals surface area (Å²) in [5.41, 5.74) is 5.89. The Balaban J connectivity index is 1.67. The number of aryl methyl sites for hydroxylation is 1. The van der Waals surface area contributed by atoms with Crippen LogP contribution in [-0.4, -0.2) is 38.6 Å². The summed E-state index contributed by atoms with van der Waals surface area (Å²) in [6.07, 6.45) is 0.633. The number of aromatic nitrogens is 3. The number of hydrogen-bond donors (Lipinski definition) is 2. The monoisotopic (exact) mass is 419 g/mol. The fourth-order valence-corrected chi connectivity index (χ4v) is 3.68. The number of nitrogens with zero attached hydrogens (tertiary/aromatic N) is 3. The van der Waals surface area contributed by atoms with Crippen LogP contribution < -0.4 is 20.5 Å². The van der Waals surface area contributed by atoms with Gasteiger partial charge in [-0.1, -0.05) is 25.6 Å². The normalized spacial score (nSPS) is 13.5. The van der Waals surface area contributed by atoms with E-state index in [1.165, 1.54) is 11.8 Å². The SMILES string of the molecule is CC(C)Cn1c(CCC(N)=O)nnc1S[C@@H](C)C(=O)Nc1ccc2c(c1)OCO2. The molecule has 2 aromatic rings. The van der Waals surface area contributed by atoms with Gasteiger partial charge in [-0.3, -0.25) is 9.59 Å². The summed E-state index contributed by atoms with van der Waals surface area (Å²) in [5.74, 6) is 1.79. The largest absolute Gasteiger partial charge is 0.454 e. The second-order valence-corrected chi connectivity index (χ2v) is 8.49. The fourth-order valence-electron chi connectivity index (χ4n) is 2.80. The molecule has 1 aromatic carbocycles. The van der Waals surface area contributed by atoms with Crippen LogP contribution in [0.1, 0.15) is 33.0 Å². The van der Waals surface area contributed by atoms with E-state index < -0.39 is 5.25 Å². The first kappa shape index (κ1) is 21.0. The zero-order valence-electron chi connectivity index (χ0n) is 16.7. The van der Waals surface area contributed by atoms with Gasteiger partial charge in [-0.15, -0.1) is 10.2 Å². The number of rotatable bonds is 9. The summed E-state index contributed by atoms with van der Waals surface area (Å²) in [4.78, 5) is 23.8. The van der Waals surface area contributed by atoms with Crippen molar-refractivity contribution in [2.24, 2.45) is 11.7 Å². The number of nitrogens with two attached hydrogens (primary N) is 1. The molecule has 0 unspecified atom stereocenters. The fraction of sp³-hybridized carbons (Fsp3) is 0.474. The van der Waals surface area contributed by atoms with Crippen LogP contribution in [0.15, 0.2) is 23.4 Å². The first-order valence-electron chi connectivity index (χ1n) is 9.41. The van der Waals surface area contributed by atoms with E-state index in [4.69, 9.17) is 15.2 Å². The van der Waals surface area contributed by atoms with E-state index in [2.05, 4.69) is 29.4 Å². The molecule has 0 radical (unpaired) electrons. The lowest BCUT2D eigenvalue weighted by molar-refractivity contribution is -0.118. The van der Waals surface area contributed by atoms with E-state index in [1.54, 1.807) is 18.2 Å². The predicted octanol–water partition coefficient (Wildman–Crippen LogP) is 2.20. The molecule has 0 saturated heterocycles. The number of thioether (sulfide) groups is 1. The Kier molecular flexibility index (Phi) is 6.63. The average Bonchev–Trinajstić information content (AvgIpc) is 3.26. The highest BCUT2D eigenvalue weighted by Crippen LogP contribution is 2.34. The Bertz CT molecular complexity index is 899. The molecule has 10 heteroatoms. The average molecular weight is 420 g/mol. The summed E-state index contributed by atoms with van der Waals surface area (Å²) in [6, 6.07) is 5.27. The molecule has 2 amide bonds. The van der Waals surface area contributed by atoms with Crippen molar-refractivity contribution in [3.8, 4) is 11.5 Å². The van der Waals surface area contributed by atoms with E-state index in [-0.39, 0.29) is 25.0 Å². The van der Waals surface area contributed by atoms with Gasteiger partial charge in [0.1, 0.15) is 5.82 Å². The number of benzene rings is 1. The standard InChI is InChI=1S/C19H25N5O4S/c1-11(2)9-24-17(7-6-16(20)25)22-23-19(24)29-12(3)18(26)21-13-4-5-14-15(8-13)28-10-27-14/h4-5,8,11-12H,6-7,9-10H2,1-3H3,(H2,20,25)(H,21,26)/t12-/m0/s1. The first-order chi connectivity index (χ1) is 13.8. The lowest BCUT2D eigenvalue weighted by atomic mass is 10.2. The lowest BCUT2D eigenvalue weighted by Crippen LogP contribution is -2.23. The van der Waals surface area contributed by atoms with Crippen LogP contribution in [0.25, 0.3) is 0 Å². The minimum Gasteiger partial charge on any atom is -0.454 e. The Labute approximate surface area is 173 Å². The van der Waals surface area contributed by atoms with Gasteiger partial charge in [0.15, 0.2) is 16.7 Å². The van der Waals surface area contributed by atoms with Crippen molar-refractivity contribution < 1.29 is 19.1 Å². The van der Waals surface area contributed by atoms with Crippen molar-refractivity contribution in [1.82, 2.24) is 14.8 Å². The Hall–Kier alpha value is -2.75. The molecule has 9 nitrogen and oxygen atoms in total. The van der Waals surface area contributed by atoms with Gasteiger partial charge in [0.05, 0.1) is 5.25 Å². The van der Waals surface area contributed by atoms with Gasteiger partial charge in [0, 0.05) is 31.1 Å². The second-order valence-electron chi connectivity index (χ2n) is 7.19. The zero-order chi connectivity index (χ0) is 21.0. The molecule has 29 heavy (non-hydrogen) atoms. The first-order valence-corrected chi connectivity index (χ1v) is 10.3. The minimum atomic E-state index is -0.403. The molecule has 0 aliphatic carbocycles. The maximum Gasteiger partial charge on any atom is 0.237 e. The van der Waals surface area contributed by atoms with Gasteiger partial charge in [-0.05, 0) is 25.0 Å².